The fraction of sp³-hybridized carbons (Fsp3) is 0.615. The van der Waals surface area contributed by atoms with Crippen LogP contribution in [0.5, 0.6) is 0 Å². The van der Waals surface area contributed by atoms with Crippen LogP contribution in [0, 0.1) is 5.92 Å². The average Bonchev–Trinajstić information content (AvgIpc) is 2.74. The van der Waals surface area contributed by atoms with Crippen molar-refractivity contribution in [1.29, 1.82) is 0 Å². The minimum atomic E-state index is -0.673. The van der Waals surface area contributed by atoms with Crippen LogP contribution in [0.25, 0.3) is 0 Å². The van der Waals surface area contributed by atoms with Crippen molar-refractivity contribution in [3.05, 3.63) is 20.8 Å². The molecule has 1 aliphatic rings. The maximum absolute atomic E-state index is 10.8. The number of piperidine rings is 1. The third kappa shape index (κ3) is 3.56. The number of hydrogen-bond donors (Lipinski definition) is 1. The molecule has 0 amide bonds. The zero-order valence-electron chi connectivity index (χ0n) is 10.4. The Morgan fingerprint density at radius 2 is 2.44 bits per heavy atom. The molecule has 1 aliphatic heterocycles. The van der Waals surface area contributed by atoms with Crippen molar-refractivity contribution in [2.45, 2.75) is 32.2 Å². The molecule has 0 bridgehead atoms. The molecule has 0 saturated carbocycles. The van der Waals surface area contributed by atoms with E-state index in [9.17, 15) is 4.79 Å². The molecule has 1 fully saturated rings. The Morgan fingerprint density at radius 3 is 3.06 bits per heavy atom. The number of likely N-dealkylation sites (tertiary alicyclic amines) is 1. The van der Waals surface area contributed by atoms with Gasteiger partial charge in [-0.15, -0.1) is 11.3 Å². The first-order valence-electron chi connectivity index (χ1n) is 6.27. The first-order valence-corrected chi connectivity index (χ1v) is 7.88. The predicted molar refractivity (Wildman–Crippen MR) is 77.0 cm³/mol. The van der Waals surface area contributed by atoms with Crippen LogP contribution in [0.2, 0.25) is 0 Å². The molecule has 2 heterocycles. The molecule has 0 radical (unpaired) electrons. The topological polar surface area (TPSA) is 40.5 Å². The normalized spacial score (nSPS) is 22.9. The second-order valence-corrected chi connectivity index (χ2v) is 7.41. The van der Waals surface area contributed by atoms with E-state index in [1.165, 1.54) is 4.88 Å². The van der Waals surface area contributed by atoms with Crippen LogP contribution in [0.15, 0.2) is 15.9 Å². The van der Waals surface area contributed by atoms with Crippen LogP contribution in [-0.4, -0.2) is 29.1 Å². The number of halogens is 1. The van der Waals surface area contributed by atoms with Crippen LogP contribution >= 0.6 is 27.3 Å². The summed E-state index contributed by atoms with van der Waals surface area (Å²) in [5.74, 6) is -0.365. The molecular weight excluding hydrogens is 314 g/mol. The number of thiophene rings is 1. The summed E-state index contributed by atoms with van der Waals surface area (Å²) in [4.78, 5) is 14.6. The zero-order chi connectivity index (χ0) is 13.1. The molecule has 100 valence electrons. The quantitative estimate of drug-likeness (QED) is 0.913. The average molecular weight is 332 g/mol. The number of hydrogen-bond acceptors (Lipinski definition) is 3. The zero-order valence-corrected chi connectivity index (χ0v) is 12.8. The summed E-state index contributed by atoms with van der Waals surface area (Å²) in [6, 6.07) is 4.62. The van der Waals surface area contributed by atoms with Crippen LogP contribution < -0.4 is 0 Å². The highest BCUT2D eigenvalue weighted by Gasteiger charge is 2.26. The molecule has 2 atom stereocenters. The molecule has 0 aliphatic carbocycles. The van der Waals surface area contributed by atoms with Crippen molar-refractivity contribution >= 4 is 33.2 Å². The van der Waals surface area contributed by atoms with Gasteiger partial charge in [0.05, 0.1) is 3.79 Å². The molecule has 0 aromatic carbocycles. The molecule has 1 aromatic rings. The molecule has 0 spiro atoms. The van der Waals surface area contributed by atoms with Crippen LogP contribution in [0.4, 0.5) is 0 Å². The van der Waals surface area contributed by atoms with Gasteiger partial charge < -0.3 is 5.11 Å². The Labute approximate surface area is 120 Å². The monoisotopic (exact) mass is 331 g/mol. The van der Waals surface area contributed by atoms with Crippen LogP contribution in [-0.2, 0) is 4.79 Å². The first kappa shape index (κ1) is 14.0. The molecule has 1 saturated heterocycles. The minimum Gasteiger partial charge on any atom is -0.481 e. The maximum Gasteiger partial charge on any atom is 0.303 e. The lowest BCUT2D eigenvalue weighted by Gasteiger charge is -2.36. The summed E-state index contributed by atoms with van der Waals surface area (Å²) >= 11 is 5.25. The second kappa shape index (κ2) is 6.17. The fourth-order valence-corrected chi connectivity index (χ4v) is 4.11. The van der Waals surface area contributed by atoms with Gasteiger partial charge in [0.2, 0.25) is 0 Å². The van der Waals surface area contributed by atoms with Gasteiger partial charge in [-0.05, 0) is 60.3 Å². The number of carbonyl (C=O) groups is 1. The van der Waals surface area contributed by atoms with Gasteiger partial charge in [0.15, 0.2) is 0 Å². The van der Waals surface area contributed by atoms with Crippen LogP contribution in [0.3, 0.4) is 0 Å². The predicted octanol–water partition coefficient (Wildman–Crippen LogP) is 3.76. The highest BCUT2D eigenvalue weighted by molar-refractivity contribution is 9.11. The molecule has 1 N–H and O–H groups in total. The third-order valence-electron chi connectivity index (χ3n) is 3.57. The van der Waals surface area contributed by atoms with Crippen molar-refractivity contribution in [2.24, 2.45) is 5.92 Å². The molecule has 2 rings (SSSR count). The summed E-state index contributed by atoms with van der Waals surface area (Å²) in [6.07, 6.45) is 2.45. The van der Waals surface area contributed by atoms with Crippen molar-refractivity contribution in [3.8, 4) is 0 Å². The Kier molecular flexibility index (Phi) is 4.81. The Balaban J connectivity index is 1.97. The van der Waals surface area contributed by atoms with Gasteiger partial charge in [-0.2, -0.15) is 0 Å². The largest absolute Gasteiger partial charge is 0.481 e. The summed E-state index contributed by atoms with van der Waals surface area (Å²) in [6.45, 7) is 4.19. The third-order valence-corrected chi connectivity index (χ3v) is 5.36. The standard InChI is InChI=1S/C13H18BrNO2S/c1-9(11-4-5-12(14)18-11)15-6-2-3-10(8-15)7-13(16)17/h4-5,9-10H,2-3,6-8H2,1H3,(H,16,17). The van der Waals surface area contributed by atoms with Crippen LogP contribution in [0.1, 0.15) is 37.1 Å². The molecule has 3 nitrogen and oxygen atoms in total. The van der Waals surface area contributed by atoms with E-state index < -0.39 is 5.97 Å². The van der Waals surface area contributed by atoms with Gasteiger partial charge in [0.25, 0.3) is 0 Å². The minimum absolute atomic E-state index is 0.303. The van der Waals surface area contributed by atoms with E-state index in [4.69, 9.17) is 5.11 Å². The van der Waals surface area contributed by atoms with Crippen molar-refractivity contribution < 1.29 is 9.90 Å². The van der Waals surface area contributed by atoms with E-state index in [2.05, 4.69) is 39.9 Å². The van der Waals surface area contributed by atoms with Gasteiger partial charge >= 0.3 is 5.97 Å². The van der Waals surface area contributed by atoms with Gasteiger partial charge in [-0.25, -0.2) is 0 Å². The Morgan fingerprint density at radius 1 is 1.67 bits per heavy atom. The van der Waals surface area contributed by atoms with E-state index in [-0.39, 0.29) is 0 Å². The van der Waals surface area contributed by atoms with Gasteiger partial charge in [0.1, 0.15) is 0 Å². The SMILES string of the molecule is CC(c1ccc(Br)s1)N1CCCC(CC(=O)O)C1. The van der Waals surface area contributed by atoms with E-state index in [1.807, 2.05) is 0 Å². The van der Waals surface area contributed by atoms with Crippen molar-refractivity contribution in [1.82, 2.24) is 4.90 Å². The summed E-state index contributed by atoms with van der Waals surface area (Å²) in [7, 11) is 0. The van der Waals surface area contributed by atoms with Gasteiger partial charge in [0, 0.05) is 23.9 Å². The van der Waals surface area contributed by atoms with Gasteiger partial charge in [-0.3, -0.25) is 9.69 Å². The smallest absolute Gasteiger partial charge is 0.303 e. The lowest BCUT2D eigenvalue weighted by atomic mass is 9.94. The number of aliphatic carboxylic acids is 1. The lowest BCUT2D eigenvalue weighted by Crippen LogP contribution is -2.37. The summed E-state index contributed by atoms with van der Waals surface area (Å²) < 4.78 is 1.16. The number of carboxylic acid groups (broad SMARTS) is 1. The summed E-state index contributed by atoms with van der Waals surface area (Å²) in [5, 5.41) is 8.89. The second-order valence-electron chi connectivity index (χ2n) is 4.92. The highest BCUT2D eigenvalue weighted by atomic mass is 79.9. The van der Waals surface area contributed by atoms with Crippen molar-refractivity contribution in [2.75, 3.05) is 13.1 Å². The highest BCUT2D eigenvalue weighted by Crippen LogP contribution is 2.33. The molecule has 5 heteroatoms. The molecule has 1 aromatic heterocycles. The molecular formula is C13H18BrNO2S. The first-order chi connectivity index (χ1) is 8.56. The Hall–Kier alpha value is -0.390. The van der Waals surface area contributed by atoms with E-state index in [0.29, 0.717) is 18.4 Å². The van der Waals surface area contributed by atoms with Crippen molar-refractivity contribution in [3.63, 3.8) is 0 Å². The number of carboxylic acids is 1. The fourth-order valence-electron chi connectivity index (χ4n) is 2.60. The van der Waals surface area contributed by atoms with E-state index >= 15 is 0 Å². The Bertz CT molecular complexity index is 421. The summed E-state index contributed by atoms with van der Waals surface area (Å²) in [5.41, 5.74) is 0. The molecule has 2 unspecified atom stereocenters. The van der Waals surface area contributed by atoms with Gasteiger partial charge in [-0.1, -0.05) is 0 Å². The number of nitrogens with zero attached hydrogens (tertiary/aromatic N) is 1. The lowest BCUT2D eigenvalue weighted by molar-refractivity contribution is -0.138. The maximum atomic E-state index is 10.8. The van der Waals surface area contributed by atoms with E-state index in [0.717, 1.165) is 29.7 Å². The molecule has 18 heavy (non-hydrogen) atoms. The van der Waals surface area contributed by atoms with E-state index in [1.54, 1.807) is 11.3 Å². The number of rotatable bonds is 4.